The van der Waals surface area contributed by atoms with Crippen LogP contribution in [-0.4, -0.2) is 63.5 Å². The van der Waals surface area contributed by atoms with Gasteiger partial charge in [-0.1, -0.05) is 31.0 Å². The van der Waals surface area contributed by atoms with Crippen molar-refractivity contribution in [3.8, 4) is 0 Å². The number of carboxylic acids is 2. The van der Waals surface area contributed by atoms with Crippen molar-refractivity contribution in [2.24, 2.45) is 16.8 Å². The van der Waals surface area contributed by atoms with Crippen molar-refractivity contribution >= 4 is 34.8 Å². The second kappa shape index (κ2) is 9.80. The largest absolute Gasteiger partial charge is 0.481 e. The number of ether oxygens (including phenoxy) is 2. The van der Waals surface area contributed by atoms with E-state index in [1.165, 1.54) is 37.9 Å². The summed E-state index contributed by atoms with van der Waals surface area (Å²) in [4.78, 5) is 38.9. The fourth-order valence-electron chi connectivity index (χ4n) is 4.43. The van der Waals surface area contributed by atoms with Crippen molar-refractivity contribution in [3.63, 3.8) is 0 Å². The van der Waals surface area contributed by atoms with Crippen LogP contribution in [0.5, 0.6) is 0 Å². The molecule has 10 heteroatoms. The van der Waals surface area contributed by atoms with Crippen LogP contribution in [0.25, 0.3) is 0 Å². The van der Waals surface area contributed by atoms with E-state index in [-0.39, 0.29) is 19.4 Å². The molecule has 0 aromatic rings. The maximum Gasteiger partial charge on any atom is 0.303 e. The Balaban J connectivity index is 1.78. The van der Waals surface area contributed by atoms with Gasteiger partial charge in [0.05, 0.1) is 25.0 Å². The zero-order valence-corrected chi connectivity index (χ0v) is 17.2. The van der Waals surface area contributed by atoms with E-state index in [4.69, 9.17) is 14.5 Å². The van der Waals surface area contributed by atoms with Crippen molar-refractivity contribution in [2.45, 2.75) is 75.5 Å². The number of hydrogen-bond donors (Lipinski definition) is 3. The minimum Gasteiger partial charge on any atom is -0.481 e. The Morgan fingerprint density at radius 3 is 2.41 bits per heavy atom. The van der Waals surface area contributed by atoms with E-state index in [1.54, 1.807) is 0 Å². The van der Waals surface area contributed by atoms with Crippen molar-refractivity contribution in [1.29, 1.82) is 0 Å². The van der Waals surface area contributed by atoms with Crippen molar-refractivity contribution in [3.05, 3.63) is 0 Å². The fraction of sp³-hybridized carbons (Fsp3) is 0.789. The van der Waals surface area contributed by atoms with E-state index in [1.807, 2.05) is 0 Å². The summed E-state index contributed by atoms with van der Waals surface area (Å²) in [6.07, 6.45) is 4.57. The summed E-state index contributed by atoms with van der Waals surface area (Å²) in [5.41, 5.74) is -0.420. The summed E-state index contributed by atoms with van der Waals surface area (Å²) >= 11 is 1.41. The molecule has 9 nitrogen and oxygen atoms in total. The SMILES string of the molecule is CC(=O)OC[C@@H]1O[C@@H]2SC(NC3CCCCC3)=N[C@@H]2[C@H](CC(=O)O)[C@@H]1CC(=O)O. The van der Waals surface area contributed by atoms with Gasteiger partial charge in [-0.05, 0) is 12.8 Å². The first-order chi connectivity index (χ1) is 13.8. The van der Waals surface area contributed by atoms with E-state index in [9.17, 15) is 24.6 Å². The molecule has 1 aliphatic carbocycles. The van der Waals surface area contributed by atoms with Gasteiger partial charge >= 0.3 is 17.9 Å². The third-order valence-corrected chi connectivity index (χ3v) is 6.82. The number of rotatable bonds is 7. The molecule has 1 saturated carbocycles. The van der Waals surface area contributed by atoms with Crippen LogP contribution in [0, 0.1) is 11.8 Å². The highest BCUT2D eigenvalue weighted by atomic mass is 32.2. The Hall–Kier alpha value is -1.81. The van der Waals surface area contributed by atoms with Gasteiger partial charge in [-0.2, -0.15) is 0 Å². The molecule has 3 aliphatic rings. The van der Waals surface area contributed by atoms with E-state index in [0.717, 1.165) is 18.0 Å². The molecule has 0 bridgehead atoms. The first-order valence-corrected chi connectivity index (χ1v) is 10.9. The number of carboxylic acid groups (broad SMARTS) is 2. The van der Waals surface area contributed by atoms with E-state index in [2.05, 4.69) is 5.32 Å². The Labute approximate surface area is 173 Å². The summed E-state index contributed by atoms with van der Waals surface area (Å²) in [5, 5.41) is 23.0. The second-order valence-electron chi connectivity index (χ2n) is 7.89. The van der Waals surface area contributed by atoms with Crippen LogP contribution in [0.1, 0.15) is 51.9 Å². The number of carbonyl (C=O) groups is 3. The number of fused-ring (bicyclic) bond motifs is 1. The number of esters is 1. The molecule has 0 radical (unpaired) electrons. The molecule has 0 spiro atoms. The lowest BCUT2D eigenvalue weighted by molar-refractivity contribution is -0.162. The number of hydrogen-bond acceptors (Lipinski definition) is 8. The van der Waals surface area contributed by atoms with Crippen LogP contribution in [0.2, 0.25) is 0 Å². The van der Waals surface area contributed by atoms with Crippen LogP contribution in [0.3, 0.4) is 0 Å². The maximum absolute atomic E-state index is 11.5. The summed E-state index contributed by atoms with van der Waals surface area (Å²) in [5.74, 6) is -3.67. The Kier molecular flexibility index (Phi) is 7.39. The third-order valence-electron chi connectivity index (χ3n) is 5.75. The highest BCUT2D eigenvalue weighted by Crippen LogP contribution is 2.44. The maximum atomic E-state index is 11.5. The molecule has 3 N–H and O–H groups in total. The first kappa shape index (κ1) is 21.9. The van der Waals surface area contributed by atoms with Gasteiger partial charge in [0.2, 0.25) is 0 Å². The number of aliphatic imine (C=N–C) groups is 1. The van der Waals surface area contributed by atoms with E-state index in [0.29, 0.717) is 6.04 Å². The highest BCUT2D eigenvalue weighted by Gasteiger charge is 2.50. The molecule has 29 heavy (non-hydrogen) atoms. The van der Waals surface area contributed by atoms with Gasteiger partial charge in [-0.25, -0.2) is 0 Å². The van der Waals surface area contributed by atoms with Crippen LogP contribution in [-0.2, 0) is 23.9 Å². The standard InChI is InChI=1S/C19H28N2O7S/c1-10(22)27-9-14-12(7-15(23)24)13(8-16(25)26)17-18(28-14)29-19(21-17)20-11-5-3-2-4-6-11/h11-14,17-18H,2-9H2,1H3,(H,20,21)(H,23,24)(H,25,26)/t12-,13+,14-,17+,18+/m0/s1. The summed E-state index contributed by atoms with van der Waals surface area (Å²) < 4.78 is 11.2. The smallest absolute Gasteiger partial charge is 0.303 e. The molecular weight excluding hydrogens is 400 g/mol. The predicted octanol–water partition coefficient (Wildman–Crippen LogP) is 1.85. The normalized spacial score (nSPS) is 32.2. The third kappa shape index (κ3) is 5.85. The number of aliphatic carboxylic acids is 2. The van der Waals surface area contributed by atoms with E-state index >= 15 is 0 Å². The van der Waals surface area contributed by atoms with Crippen molar-refractivity contribution in [1.82, 2.24) is 5.32 Å². The molecule has 0 aromatic heterocycles. The lowest BCUT2D eigenvalue weighted by Gasteiger charge is -2.42. The Bertz CT molecular complexity index is 665. The van der Waals surface area contributed by atoms with Crippen molar-refractivity contribution < 1.29 is 34.1 Å². The van der Waals surface area contributed by atoms with E-state index < -0.39 is 47.3 Å². The number of thioether (sulfide) groups is 1. The van der Waals surface area contributed by atoms with Crippen molar-refractivity contribution in [2.75, 3.05) is 6.61 Å². The minimum absolute atomic E-state index is 0.0986. The topological polar surface area (TPSA) is 135 Å². The summed E-state index contributed by atoms with van der Waals surface area (Å²) in [7, 11) is 0. The molecule has 1 saturated heterocycles. The lowest BCUT2D eigenvalue weighted by Crippen LogP contribution is -2.50. The molecule has 2 fully saturated rings. The minimum atomic E-state index is -1.05. The molecule has 162 valence electrons. The Morgan fingerprint density at radius 1 is 1.14 bits per heavy atom. The first-order valence-electron chi connectivity index (χ1n) is 10.1. The average Bonchev–Trinajstić information content (AvgIpc) is 3.04. The second-order valence-corrected chi connectivity index (χ2v) is 8.98. The lowest BCUT2D eigenvalue weighted by atomic mass is 9.76. The molecule has 0 amide bonds. The molecular formula is C19H28N2O7S. The van der Waals surface area contributed by atoms with Gasteiger partial charge in [0.15, 0.2) is 5.17 Å². The van der Waals surface area contributed by atoms with Crippen LogP contribution in [0.15, 0.2) is 4.99 Å². The summed E-state index contributed by atoms with van der Waals surface area (Å²) in [6.45, 7) is 1.17. The average molecular weight is 429 g/mol. The number of carbonyl (C=O) groups excluding carboxylic acids is 1. The van der Waals surface area contributed by atoms with Gasteiger partial charge in [-0.15, -0.1) is 0 Å². The van der Waals surface area contributed by atoms with Gasteiger partial charge < -0.3 is 25.0 Å². The van der Waals surface area contributed by atoms with Gasteiger partial charge in [0, 0.05) is 24.8 Å². The molecule has 0 unspecified atom stereocenters. The molecule has 0 aromatic carbocycles. The Morgan fingerprint density at radius 2 is 1.79 bits per heavy atom. The van der Waals surface area contributed by atoms with Crippen LogP contribution >= 0.6 is 11.8 Å². The summed E-state index contributed by atoms with van der Waals surface area (Å²) in [6, 6.07) is -0.0974. The van der Waals surface area contributed by atoms with Gasteiger partial charge in [0.1, 0.15) is 12.0 Å². The quantitative estimate of drug-likeness (QED) is 0.519. The molecule has 2 heterocycles. The van der Waals surface area contributed by atoms with Gasteiger partial charge in [0.25, 0.3) is 0 Å². The number of nitrogens with one attached hydrogen (secondary N) is 1. The molecule has 5 atom stereocenters. The number of nitrogens with zero attached hydrogens (tertiary/aromatic N) is 1. The molecule has 3 rings (SSSR count). The number of amidine groups is 1. The highest BCUT2D eigenvalue weighted by molar-refractivity contribution is 8.14. The predicted molar refractivity (Wildman–Crippen MR) is 106 cm³/mol. The zero-order valence-electron chi connectivity index (χ0n) is 16.4. The zero-order chi connectivity index (χ0) is 21.0. The molecule has 2 aliphatic heterocycles. The van der Waals surface area contributed by atoms with Crippen LogP contribution in [0.4, 0.5) is 0 Å². The van der Waals surface area contributed by atoms with Gasteiger partial charge in [-0.3, -0.25) is 19.4 Å². The fourth-order valence-corrected chi connectivity index (χ4v) is 5.67. The monoisotopic (exact) mass is 428 g/mol. The van der Waals surface area contributed by atoms with Crippen LogP contribution < -0.4 is 5.32 Å².